The van der Waals surface area contributed by atoms with Crippen molar-refractivity contribution in [3.05, 3.63) is 70.8 Å². The highest BCUT2D eigenvalue weighted by Crippen LogP contribution is 2.38. The molecule has 1 aliphatic heterocycles. The summed E-state index contributed by atoms with van der Waals surface area (Å²) in [5, 5.41) is 12.9. The average molecular weight is 526 g/mol. The number of carbonyl (C=O) groups is 2. The zero-order chi connectivity index (χ0) is 27.3. The van der Waals surface area contributed by atoms with E-state index in [1.807, 2.05) is 43.5 Å². The third-order valence-electron chi connectivity index (χ3n) is 7.87. The normalized spacial score (nSPS) is 19.3. The minimum absolute atomic E-state index is 0.128. The predicted octanol–water partition coefficient (Wildman–Crippen LogP) is 3.38. The number of aryl methyl sites for hydroxylation is 3. The minimum Gasteiger partial charge on any atom is -0.487 e. The maximum Gasteiger partial charge on any atom is 0.274 e. The van der Waals surface area contributed by atoms with Crippen LogP contribution >= 0.6 is 0 Å². The van der Waals surface area contributed by atoms with Gasteiger partial charge in [0.25, 0.3) is 5.91 Å². The van der Waals surface area contributed by atoms with Crippen LogP contribution in [-0.4, -0.2) is 60.7 Å². The lowest BCUT2D eigenvalue weighted by atomic mass is 9.96. The van der Waals surface area contributed by atoms with Crippen molar-refractivity contribution >= 4 is 17.5 Å². The number of amides is 2. The summed E-state index contributed by atoms with van der Waals surface area (Å²) in [7, 11) is 0. The zero-order valence-electron chi connectivity index (χ0n) is 22.3. The standard InChI is InChI=1S/C29H31N7O3/c1-16-12-26-31-17(2)27(18(3)36(26)34-16)39-23-9-8-21(13-23)19-4-6-20(7-5-19)24-10-11-25(33-32-24)29(38)35-14-22(15-35)28(30)37/h4-7,10-12,21-23H,8-9,13-15H2,1-3H3,(H2,30,37)/t21?,23-/m1/s1. The van der Waals surface area contributed by atoms with E-state index in [9.17, 15) is 9.59 Å². The van der Waals surface area contributed by atoms with E-state index in [-0.39, 0.29) is 29.5 Å². The molecular weight excluding hydrogens is 494 g/mol. The fourth-order valence-corrected chi connectivity index (χ4v) is 5.59. The van der Waals surface area contributed by atoms with Crippen LogP contribution in [0.3, 0.4) is 0 Å². The highest BCUT2D eigenvalue weighted by atomic mass is 16.5. The Hall–Kier alpha value is -4.34. The molecule has 2 amide bonds. The van der Waals surface area contributed by atoms with Gasteiger partial charge in [-0.15, -0.1) is 10.2 Å². The van der Waals surface area contributed by atoms with Gasteiger partial charge in [0.15, 0.2) is 17.1 Å². The van der Waals surface area contributed by atoms with Crippen molar-refractivity contribution in [2.75, 3.05) is 13.1 Å². The predicted molar refractivity (Wildman–Crippen MR) is 144 cm³/mol. The molecule has 1 aromatic carbocycles. The molecule has 1 unspecified atom stereocenters. The molecule has 2 atom stereocenters. The van der Waals surface area contributed by atoms with Crippen LogP contribution in [-0.2, 0) is 4.79 Å². The van der Waals surface area contributed by atoms with Gasteiger partial charge in [-0.3, -0.25) is 9.59 Å². The maximum atomic E-state index is 12.5. The van der Waals surface area contributed by atoms with Crippen molar-refractivity contribution in [1.82, 2.24) is 29.7 Å². The molecule has 0 bridgehead atoms. The summed E-state index contributed by atoms with van der Waals surface area (Å²) in [6.07, 6.45) is 3.11. The van der Waals surface area contributed by atoms with E-state index in [2.05, 4.69) is 32.4 Å². The Kier molecular flexibility index (Phi) is 6.25. The summed E-state index contributed by atoms with van der Waals surface area (Å²) in [4.78, 5) is 30.0. The number of rotatable bonds is 6. The Labute approximate surface area is 226 Å². The fourth-order valence-electron chi connectivity index (χ4n) is 5.59. The molecule has 10 heteroatoms. The summed E-state index contributed by atoms with van der Waals surface area (Å²) < 4.78 is 8.34. The molecule has 0 spiro atoms. The molecule has 4 aromatic rings. The van der Waals surface area contributed by atoms with Gasteiger partial charge in [-0.25, -0.2) is 9.50 Å². The highest BCUT2D eigenvalue weighted by molar-refractivity contribution is 5.94. The van der Waals surface area contributed by atoms with Gasteiger partial charge in [-0.2, -0.15) is 5.10 Å². The minimum atomic E-state index is -0.380. The molecule has 39 heavy (non-hydrogen) atoms. The largest absolute Gasteiger partial charge is 0.487 e. The number of hydrogen-bond donors (Lipinski definition) is 1. The lowest BCUT2D eigenvalue weighted by Gasteiger charge is -2.36. The van der Waals surface area contributed by atoms with Crippen LogP contribution in [0.15, 0.2) is 42.5 Å². The summed E-state index contributed by atoms with van der Waals surface area (Å²) in [6, 6.07) is 13.8. The molecule has 1 aliphatic carbocycles. The van der Waals surface area contributed by atoms with E-state index in [1.54, 1.807) is 17.0 Å². The zero-order valence-corrected chi connectivity index (χ0v) is 22.3. The maximum absolute atomic E-state index is 12.5. The number of nitrogens with two attached hydrogens (primary N) is 1. The van der Waals surface area contributed by atoms with Gasteiger partial charge in [0.05, 0.1) is 34.8 Å². The van der Waals surface area contributed by atoms with Crippen molar-refractivity contribution in [3.8, 4) is 17.0 Å². The van der Waals surface area contributed by atoms with Crippen molar-refractivity contribution in [2.45, 2.75) is 52.1 Å². The van der Waals surface area contributed by atoms with Crippen LogP contribution in [0.25, 0.3) is 16.9 Å². The number of likely N-dealkylation sites (tertiary alicyclic amines) is 1. The van der Waals surface area contributed by atoms with E-state index in [0.717, 1.165) is 53.3 Å². The molecule has 6 rings (SSSR count). The number of aromatic nitrogens is 5. The molecule has 10 nitrogen and oxygen atoms in total. The highest BCUT2D eigenvalue weighted by Gasteiger charge is 2.35. The van der Waals surface area contributed by atoms with Crippen LogP contribution in [0.5, 0.6) is 5.75 Å². The van der Waals surface area contributed by atoms with Crippen molar-refractivity contribution in [2.24, 2.45) is 11.7 Å². The van der Waals surface area contributed by atoms with Crippen LogP contribution < -0.4 is 10.5 Å². The van der Waals surface area contributed by atoms with Crippen molar-refractivity contribution < 1.29 is 14.3 Å². The Morgan fingerprint density at radius 3 is 2.46 bits per heavy atom. The smallest absolute Gasteiger partial charge is 0.274 e. The summed E-state index contributed by atoms with van der Waals surface area (Å²) in [5.74, 6) is 0.353. The second kappa shape index (κ2) is 9.76. The lowest BCUT2D eigenvalue weighted by Crippen LogP contribution is -2.54. The quantitative estimate of drug-likeness (QED) is 0.409. The first kappa shape index (κ1) is 25.0. The second-order valence-electron chi connectivity index (χ2n) is 10.7. The van der Waals surface area contributed by atoms with Crippen LogP contribution in [0, 0.1) is 26.7 Å². The van der Waals surface area contributed by atoms with Gasteiger partial charge >= 0.3 is 0 Å². The van der Waals surface area contributed by atoms with E-state index in [0.29, 0.717) is 24.7 Å². The first-order valence-electron chi connectivity index (χ1n) is 13.3. The topological polar surface area (TPSA) is 129 Å². The van der Waals surface area contributed by atoms with Crippen LogP contribution in [0.1, 0.15) is 58.3 Å². The number of primary amides is 1. The molecule has 2 N–H and O–H groups in total. The van der Waals surface area contributed by atoms with Gasteiger partial charge in [0, 0.05) is 24.7 Å². The molecule has 1 saturated carbocycles. The Balaban J connectivity index is 1.09. The number of hydrogen-bond acceptors (Lipinski definition) is 7. The molecule has 0 radical (unpaired) electrons. The Bertz CT molecular complexity index is 1560. The second-order valence-corrected chi connectivity index (χ2v) is 10.7. The first-order chi connectivity index (χ1) is 18.8. The third-order valence-corrected chi connectivity index (χ3v) is 7.87. The summed E-state index contributed by atoms with van der Waals surface area (Å²) >= 11 is 0. The molecule has 1 saturated heterocycles. The molecule has 2 aliphatic rings. The number of nitrogens with zero attached hydrogens (tertiary/aromatic N) is 6. The molecule has 200 valence electrons. The van der Waals surface area contributed by atoms with E-state index >= 15 is 0 Å². The van der Waals surface area contributed by atoms with Gasteiger partial charge in [-0.1, -0.05) is 24.3 Å². The fraction of sp³-hybridized carbons (Fsp3) is 0.379. The Morgan fingerprint density at radius 2 is 1.77 bits per heavy atom. The van der Waals surface area contributed by atoms with Crippen molar-refractivity contribution in [1.29, 1.82) is 0 Å². The van der Waals surface area contributed by atoms with Gasteiger partial charge in [0.2, 0.25) is 5.91 Å². The lowest BCUT2D eigenvalue weighted by molar-refractivity contribution is -0.125. The van der Waals surface area contributed by atoms with E-state index in [1.165, 1.54) is 5.56 Å². The molecule has 2 fully saturated rings. The number of carbonyl (C=O) groups excluding carboxylic acids is 2. The number of fused-ring (bicyclic) bond motifs is 1. The average Bonchev–Trinajstić information content (AvgIpc) is 3.52. The van der Waals surface area contributed by atoms with E-state index in [4.69, 9.17) is 10.5 Å². The van der Waals surface area contributed by atoms with Crippen molar-refractivity contribution in [3.63, 3.8) is 0 Å². The summed E-state index contributed by atoms with van der Waals surface area (Å²) in [5.41, 5.74) is 12.1. The van der Waals surface area contributed by atoms with E-state index < -0.39 is 0 Å². The molecule has 4 heterocycles. The van der Waals surface area contributed by atoms with Gasteiger partial charge < -0.3 is 15.4 Å². The summed E-state index contributed by atoms with van der Waals surface area (Å²) in [6.45, 7) is 6.66. The number of ether oxygens (including phenoxy) is 1. The first-order valence-corrected chi connectivity index (χ1v) is 13.3. The number of benzene rings is 1. The monoisotopic (exact) mass is 525 g/mol. The molecule has 3 aromatic heterocycles. The van der Waals surface area contributed by atoms with Gasteiger partial charge in [-0.05, 0) is 63.6 Å². The SMILES string of the molecule is Cc1cc2nc(C)c(O[C@@H]3CCC(c4ccc(-c5ccc(C(=O)N6CC(C(N)=O)C6)nn5)cc4)C3)c(C)n2n1. The molecular formula is C29H31N7O3. The van der Waals surface area contributed by atoms with Crippen LogP contribution in [0.4, 0.5) is 0 Å². The van der Waals surface area contributed by atoms with Gasteiger partial charge in [0.1, 0.15) is 0 Å². The van der Waals surface area contributed by atoms with Crippen LogP contribution in [0.2, 0.25) is 0 Å². The third kappa shape index (κ3) is 4.71. The Morgan fingerprint density at radius 1 is 1.00 bits per heavy atom.